The Bertz CT molecular complexity index is 946. The minimum atomic E-state index is -0.363. The number of amidine groups is 1. The van der Waals surface area contributed by atoms with Crippen LogP contribution in [-0.2, 0) is 14.3 Å². The Morgan fingerprint density at radius 1 is 1.28 bits per heavy atom. The van der Waals surface area contributed by atoms with Crippen molar-refractivity contribution >= 4 is 28.8 Å². The molecule has 4 rings (SSSR count). The Balaban J connectivity index is 1.73. The first-order chi connectivity index (χ1) is 14.0. The number of hydrogen-bond donors (Lipinski definition) is 1. The highest BCUT2D eigenvalue weighted by Gasteiger charge is 2.41. The second-order valence-electron chi connectivity index (χ2n) is 7.49. The van der Waals surface area contributed by atoms with Gasteiger partial charge in [-0.2, -0.15) is 0 Å². The summed E-state index contributed by atoms with van der Waals surface area (Å²) in [7, 11) is 0. The Hall–Kier alpha value is -2.54. The van der Waals surface area contributed by atoms with Gasteiger partial charge in [-0.15, -0.1) is 0 Å². The van der Waals surface area contributed by atoms with Gasteiger partial charge in [0.25, 0.3) is 0 Å². The third kappa shape index (κ3) is 3.96. The first kappa shape index (κ1) is 19.8. The predicted molar refractivity (Wildman–Crippen MR) is 114 cm³/mol. The van der Waals surface area contributed by atoms with Crippen molar-refractivity contribution in [3.63, 3.8) is 0 Å². The van der Waals surface area contributed by atoms with Crippen molar-refractivity contribution in [1.82, 2.24) is 10.2 Å². The Morgan fingerprint density at radius 2 is 2.03 bits per heavy atom. The highest BCUT2D eigenvalue weighted by atomic mass is 32.2. The van der Waals surface area contributed by atoms with E-state index in [0.29, 0.717) is 23.9 Å². The normalized spacial score (nSPS) is 20.8. The molecule has 0 saturated heterocycles. The highest BCUT2D eigenvalue weighted by molar-refractivity contribution is 8.16. The van der Waals surface area contributed by atoms with Gasteiger partial charge in [0.1, 0.15) is 0 Å². The Labute approximate surface area is 175 Å². The van der Waals surface area contributed by atoms with Crippen LogP contribution in [0.3, 0.4) is 0 Å². The smallest absolute Gasteiger partial charge is 0.338 e. The molecule has 1 N–H and O–H groups in total. The van der Waals surface area contributed by atoms with Gasteiger partial charge in [-0.1, -0.05) is 36.0 Å². The molecule has 3 aliphatic rings. The maximum Gasteiger partial charge on any atom is 0.338 e. The molecule has 0 spiro atoms. The van der Waals surface area contributed by atoms with E-state index in [1.165, 1.54) is 11.8 Å². The van der Waals surface area contributed by atoms with Crippen LogP contribution in [0, 0.1) is 6.92 Å². The lowest BCUT2D eigenvalue weighted by molar-refractivity contribution is -0.139. The van der Waals surface area contributed by atoms with Crippen molar-refractivity contribution in [2.75, 3.05) is 6.61 Å². The first-order valence-corrected chi connectivity index (χ1v) is 10.8. The number of aliphatic imine (C=N–C) groups is 1. The number of ether oxygens (including phenoxy) is 1. The van der Waals surface area contributed by atoms with Crippen molar-refractivity contribution in [2.24, 2.45) is 4.99 Å². The van der Waals surface area contributed by atoms with Gasteiger partial charge in [-0.05, 0) is 50.1 Å². The molecule has 29 heavy (non-hydrogen) atoms. The Morgan fingerprint density at radius 3 is 2.72 bits per heavy atom. The van der Waals surface area contributed by atoms with Crippen molar-refractivity contribution in [2.45, 2.75) is 52.1 Å². The molecule has 1 aromatic rings. The van der Waals surface area contributed by atoms with Gasteiger partial charge < -0.3 is 15.0 Å². The largest absolute Gasteiger partial charge is 0.463 e. The molecule has 1 fully saturated rings. The number of esters is 1. The molecular weight excluding hydrogens is 386 g/mol. The number of allylic oxidation sites excluding steroid dienone is 1. The van der Waals surface area contributed by atoms with E-state index in [2.05, 4.69) is 10.3 Å². The fourth-order valence-electron chi connectivity index (χ4n) is 3.70. The molecule has 1 amide bonds. The molecule has 1 aromatic carbocycles. The van der Waals surface area contributed by atoms with Gasteiger partial charge in [0.05, 0.1) is 30.3 Å². The van der Waals surface area contributed by atoms with Gasteiger partial charge in [0.15, 0.2) is 5.17 Å². The lowest BCUT2D eigenvalue weighted by Gasteiger charge is -2.37. The summed E-state index contributed by atoms with van der Waals surface area (Å²) in [6.07, 6.45) is 2.37. The second-order valence-corrected chi connectivity index (χ2v) is 8.33. The molecule has 0 bridgehead atoms. The fraction of sp³-hybridized carbons (Fsp3) is 0.409. The monoisotopic (exact) mass is 411 g/mol. The van der Waals surface area contributed by atoms with E-state index in [0.717, 1.165) is 34.8 Å². The standard InChI is InChI=1S/C22H25N3O3S/c1-4-28-21(27)19-14(3)23-22-25(20(19)17-8-6-5-7-13(17)2)16(12-29-22)11-18(26)24-15-9-10-15/h5-8,12,15,20H,4,9-11H2,1-3H3,(H,24,26)/t20-/m0/s1. The number of benzene rings is 1. The number of rotatable bonds is 6. The summed E-state index contributed by atoms with van der Waals surface area (Å²) in [6, 6.07) is 7.97. The topological polar surface area (TPSA) is 71.0 Å². The number of aryl methyl sites for hydroxylation is 1. The number of hydrogen-bond acceptors (Lipinski definition) is 6. The van der Waals surface area contributed by atoms with E-state index in [9.17, 15) is 9.59 Å². The molecule has 7 heteroatoms. The average Bonchev–Trinajstić information content (AvgIpc) is 3.41. The molecule has 0 radical (unpaired) electrons. The van der Waals surface area contributed by atoms with Crippen LogP contribution in [0.4, 0.5) is 0 Å². The molecule has 152 valence electrons. The number of amides is 1. The van der Waals surface area contributed by atoms with Crippen molar-refractivity contribution in [3.8, 4) is 0 Å². The fourth-order valence-corrected chi connectivity index (χ4v) is 4.66. The van der Waals surface area contributed by atoms with Crippen LogP contribution < -0.4 is 5.32 Å². The van der Waals surface area contributed by atoms with Gasteiger partial charge in [0.2, 0.25) is 5.91 Å². The summed E-state index contributed by atoms with van der Waals surface area (Å²) >= 11 is 1.49. The second kappa shape index (κ2) is 8.06. The van der Waals surface area contributed by atoms with Crippen molar-refractivity contribution in [3.05, 3.63) is 57.8 Å². The zero-order valence-electron chi connectivity index (χ0n) is 16.9. The number of nitrogens with zero attached hydrogens (tertiary/aromatic N) is 2. The van der Waals surface area contributed by atoms with Crippen molar-refractivity contribution in [1.29, 1.82) is 0 Å². The van der Waals surface area contributed by atoms with Crippen LogP contribution in [0.5, 0.6) is 0 Å². The van der Waals surface area contributed by atoms with Crippen LogP contribution in [0.25, 0.3) is 0 Å². The first-order valence-electron chi connectivity index (χ1n) is 9.96. The maximum atomic E-state index is 12.9. The number of fused-ring (bicyclic) bond motifs is 1. The molecule has 1 atom stereocenters. The van der Waals surface area contributed by atoms with E-state index in [1.807, 2.05) is 48.4 Å². The number of carbonyl (C=O) groups excluding carboxylic acids is 2. The van der Waals surface area contributed by atoms with E-state index >= 15 is 0 Å². The van der Waals surface area contributed by atoms with E-state index in [4.69, 9.17) is 4.74 Å². The molecule has 2 aliphatic heterocycles. The van der Waals surface area contributed by atoms with E-state index in [-0.39, 0.29) is 24.3 Å². The van der Waals surface area contributed by atoms with Crippen LogP contribution in [-0.4, -0.2) is 34.6 Å². The summed E-state index contributed by atoms with van der Waals surface area (Å²) in [6.45, 7) is 5.98. The third-order valence-electron chi connectivity index (χ3n) is 5.26. The van der Waals surface area contributed by atoms with E-state index in [1.54, 1.807) is 6.92 Å². The molecule has 2 heterocycles. The quantitative estimate of drug-likeness (QED) is 0.721. The Kier molecular flexibility index (Phi) is 5.50. The molecular formula is C22H25N3O3S. The zero-order chi connectivity index (χ0) is 20.5. The molecule has 0 aromatic heterocycles. The maximum absolute atomic E-state index is 12.9. The molecule has 6 nitrogen and oxygen atoms in total. The van der Waals surface area contributed by atoms with Gasteiger partial charge in [-0.3, -0.25) is 4.79 Å². The lowest BCUT2D eigenvalue weighted by atomic mass is 9.91. The minimum absolute atomic E-state index is 0.00749. The minimum Gasteiger partial charge on any atom is -0.463 e. The predicted octanol–water partition coefficient (Wildman–Crippen LogP) is 3.80. The number of nitrogens with one attached hydrogen (secondary N) is 1. The van der Waals surface area contributed by atoms with Crippen LogP contribution in [0.1, 0.15) is 50.3 Å². The number of carbonyl (C=O) groups is 2. The van der Waals surface area contributed by atoms with Crippen LogP contribution in [0.2, 0.25) is 0 Å². The average molecular weight is 412 g/mol. The van der Waals surface area contributed by atoms with Gasteiger partial charge >= 0.3 is 5.97 Å². The van der Waals surface area contributed by atoms with Gasteiger partial charge in [0, 0.05) is 11.7 Å². The third-order valence-corrected chi connectivity index (χ3v) is 6.15. The lowest BCUT2D eigenvalue weighted by Crippen LogP contribution is -2.38. The molecule has 0 unspecified atom stereocenters. The number of thioether (sulfide) groups is 1. The highest BCUT2D eigenvalue weighted by Crippen LogP contribution is 2.45. The zero-order valence-corrected chi connectivity index (χ0v) is 17.7. The SMILES string of the molecule is CCOC(=O)C1=C(C)N=C2SC=C(CC(=O)NC3CC3)N2[C@H]1c1ccccc1C. The molecule has 1 aliphatic carbocycles. The summed E-state index contributed by atoms with van der Waals surface area (Å²) < 4.78 is 5.37. The van der Waals surface area contributed by atoms with Crippen LogP contribution >= 0.6 is 11.8 Å². The summed E-state index contributed by atoms with van der Waals surface area (Å²) in [5.41, 5.74) is 4.13. The summed E-state index contributed by atoms with van der Waals surface area (Å²) in [5, 5.41) is 5.81. The van der Waals surface area contributed by atoms with Crippen LogP contribution in [0.15, 0.2) is 51.6 Å². The van der Waals surface area contributed by atoms with Crippen molar-refractivity contribution < 1.29 is 14.3 Å². The summed E-state index contributed by atoms with van der Waals surface area (Å²) in [5.74, 6) is -0.354. The molecule has 1 saturated carbocycles. The van der Waals surface area contributed by atoms with Gasteiger partial charge in [-0.25, -0.2) is 9.79 Å². The van der Waals surface area contributed by atoms with E-state index < -0.39 is 0 Å². The summed E-state index contributed by atoms with van der Waals surface area (Å²) in [4.78, 5) is 32.1.